The minimum atomic E-state index is 0.307. The summed E-state index contributed by atoms with van der Waals surface area (Å²) in [7, 11) is 0. The molecular formula is C15H13NO2. The largest absolute Gasteiger partial charge is 0.454 e. The average Bonchev–Trinajstić information content (AvgIpc) is 2.89. The first-order valence-electron chi connectivity index (χ1n) is 6.05. The van der Waals surface area contributed by atoms with Crippen molar-refractivity contribution in [2.45, 2.75) is 13.8 Å². The van der Waals surface area contributed by atoms with E-state index in [0.29, 0.717) is 6.79 Å². The summed E-state index contributed by atoms with van der Waals surface area (Å²) in [6.07, 6.45) is 0. The van der Waals surface area contributed by atoms with Gasteiger partial charge >= 0.3 is 0 Å². The highest BCUT2D eigenvalue weighted by atomic mass is 16.7. The van der Waals surface area contributed by atoms with Crippen LogP contribution in [-0.2, 0) is 0 Å². The number of hydrogen-bond acceptors (Lipinski definition) is 2. The number of H-pyrrole nitrogens is 1. The minimum Gasteiger partial charge on any atom is -0.454 e. The zero-order chi connectivity index (χ0) is 12.3. The highest BCUT2D eigenvalue weighted by Crippen LogP contribution is 2.42. The normalized spacial score (nSPS) is 13.7. The number of hydrogen-bond donors (Lipinski definition) is 1. The molecule has 2 heterocycles. The molecule has 0 saturated carbocycles. The van der Waals surface area contributed by atoms with Crippen LogP contribution in [0.4, 0.5) is 0 Å². The average molecular weight is 239 g/mol. The van der Waals surface area contributed by atoms with Crippen molar-refractivity contribution in [2.75, 3.05) is 6.79 Å². The molecule has 0 radical (unpaired) electrons. The molecule has 0 aliphatic carbocycles. The van der Waals surface area contributed by atoms with Crippen molar-refractivity contribution < 1.29 is 9.47 Å². The van der Waals surface area contributed by atoms with Gasteiger partial charge in [0.1, 0.15) is 0 Å². The quantitative estimate of drug-likeness (QED) is 0.649. The van der Waals surface area contributed by atoms with Gasteiger partial charge in [0.2, 0.25) is 6.79 Å². The zero-order valence-corrected chi connectivity index (χ0v) is 10.3. The molecule has 2 aromatic carbocycles. The van der Waals surface area contributed by atoms with E-state index in [2.05, 4.69) is 37.0 Å². The highest BCUT2D eigenvalue weighted by molar-refractivity contribution is 6.11. The molecule has 1 aliphatic heterocycles. The molecule has 3 heteroatoms. The van der Waals surface area contributed by atoms with Crippen LogP contribution in [0.3, 0.4) is 0 Å². The van der Waals surface area contributed by atoms with Crippen molar-refractivity contribution in [3.05, 3.63) is 35.4 Å². The van der Waals surface area contributed by atoms with Crippen molar-refractivity contribution in [1.82, 2.24) is 4.98 Å². The Balaban J connectivity index is 2.22. The maximum atomic E-state index is 5.56. The second-order valence-electron chi connectivity index (χ2n) is 4.85. The predicted molar refractivity (Wildman–Crippen MR) is 71.4 cm³/mol. The van der Waals surface area contributed by atoms with Gasteiger partial charge in [-0.1, -0.05) is 6.07 Å². The lowest BCUT2D eigenvalue weighted by Gasteiger charge is -2.00. The van der Waals surface area contributed by atoms with Crippen molar-refractivity contribution in [1.29, 1.82) is 0 Å². The molecule has 0 saturated heterocycles. The molecule has 3 aromatic rings. The number of aromatic amines is 1. The number of rotatable bonds is 0. The highest BCUT2D eigenvalue weighted by Gasteiger charge is 2.19. The second kappa shape index (κ2) is 3.19. The van der Waals surface area contributed by atoms with E-state index < -0.39 is 0 Å². The van der Waals surface area contributed by atoms with E-state index in [9.17, 15) is 0 Å². The summed E-state index contributed by atoms with van der Waals surface area (Å²) in [6, 6.07) is 8.46. The molecule has 0 unspecified atom stereocenters. The first-order chi connectivity index (χ1) is 8.74. The first-order valence-corrected chi connectivity index (χ1v) is 6.05. The van der Waals surface area contributed by atoms with E-state index in [1.807, 2.05) is 6.07 Å². The lowest BCUT2D eigenvalue weighted by atomic mass is 10.0. The molecule has 1 N–H and O–H groups in total. The zero-order valence-electron chi connectivity index (χ0n) is 10.3. The van der Waals surface area contributed by atoms with E-state index >= 15 is 0 Å². The fourth-order valence-corrected chi connectivity index (χ4v) is 2.86. The van der Waals surface area contributed by atoms with E-state index in [4.69, 9.17) is 9.47 Å². The molecule has 0 fully saturated rings. The summed E-state index contributed by atoms with van der Waals surface area (Å²) in [4.78, 5) is 3.46. The van der Waals surface area contributed by atoms with Gasteiger partial charge in [-0.2, -0.15) is 0 Å². The predicted octanol–water partition coefficient (Wildman–Crippen LogP) is 3.67. The smallest absolute Gasteiger partial charge is 0.231 e. The second-order valence-corrected chi connectivity index (χ2v) is 4.85. The molecule has 0 amide bonds. The van der Waals surface area contributed by atoms with E-state index in [1.54, 1.807) is 0 Å². The number of aromatic nitrogens is 1. The van der Waals surface area contributed by atoms with Gasteiger partial charge in [0.25, 0.3) is 0 Å². The summed E-state index contributed by atoms with van der Waals surface area (Å²) < 4.78 is 11.0. The molecule has 90 valence electrons. The maximum Gasteiger partial charge on any atom is 0.231 e. The summed E-state index contributed by atoms with van der Waals surface area (Å²) in [5, 5.41) is 2.47. The lowest BCUT2D eigenvalue weighted by Crippen LogP contribution is -1.93. The van der Waals surface area contributed by atoms with Crippen LogP contribution in [0.2, 0.25) is 0 Å². The van der Waals surface area contributed by atoms with Crippen molar-refractivity contribution in [3.8, 4) is 11.5 Å². The molecule has 1 aromatic heterocycles. The standard InChI is InChI=1S/C15H13NO2/c1-8-5-9(2)13-10-3-4-12-15(18-7-17-12)14(10)16-11(13)6-8/h3-6,16H,7H2,1-2H3. The molecule has 3 nitrogen and oxygen atoms in total. The SMILES string of the molecule is Cc1cc(C)c2c(c1)[nH]c1c3c(ccc12)OCO3. The summed E-state index contributed by atoms with van der Waals surface area (Å²) in [5.74, 6) is 1.66. The van der Waals surface area contributed by atoms with Gasteiger partial charge in [0.15, 0.2) is 11.5 Å². The molecule has 1 aliphatic rings. The molecule has 0 bridgehead atoms. The summed E-state index contributed by atoms with van der Waals surface area (Å²) in [6.45, 7) is 4.57. The van der Waals surface area contributed by atoms with Crippen LogP contribution < -0.4 is 9.47 Å². The van der Waals surface area contributed by atoms with Gasteiger partial charge in [-0.05, 0) is 43.2 Å². The minimum absolute atomic E-state index is 0.307. The van der Waals surface area contributed by atoms with Crippen LogP contribution in [0.25, 0.3) is 21.8 Å². The molecule has 0 atom stereocenters. The van der Waals surface area contributed by atoms with Crippen LogP contribution in [0, 0.1) is 13.8 Å². The van der Waals surface area contributed by atoms with Gasteiger partial charge in [-0.3, -0.25) is 0 Å². The van der Waals surface area contributed by atoms with Crippen molar-refractivity contribution in [3.63, 3.8) is 0 Å². The van der Waals surface area contributed by atoms with Crippen molar-refractivity contribution >= 4 is 21.8 Å². The van der Waals surface area contributed by atoms with Crippen LogP contribution >= 0.6 is 0 Å². The molecule has 18 heavy (non-hydrogen) atoms. The van der Waals surface area contributed by atoms with Crippen LogP contribution in [0.15, 0.2) is 24.3 Å². The maximum absolute atomic E-state index is 5.56. The number of benzene rings is 2. The molecule has 4 rings (SSSR count). The lowest BCUT2D eigenvalue weighted by molar-refractivity contribution is 0.174. The Morgan fingerprint density at radius 1 is 1.11 bits per heavy atom. The van der Waals surface area contributed by atoms with Gasteiger partial charge in [-0.25, -0.2) is 0 Å². The Hall–Kier alpha value is -2.16. The van der Waals surface area contributed by atoms with Gasteiger partial charge in [0, 0.05) is 16.3 Å². The Morgan fingerprint density at radius 3 is 2.89 bits per heavy atom. The van der Waals surface area contributed by atoms with E-state index in [-0.39, 0.29) is 0 Å². The topological polar surface area (TPSA) is 34.2 Å². The Labute approximate surface area is 104 Å². The Bertz CT molecular complexity index is 786. The van der Waals surface area contributed by atoms with Crippen LogP contribution in [0.5, 0.6) is 11.5 Å². The third-order valence-electron chi connectivity index (χ3n) is 3.55. The summed E-state index contributed by atoms with van der Waals surface area (Å²) in [5.41, 5.74) is 4.75. The number of fused-ring (bicyclic) bond motifs is 5. The van der Waals surface area contributed by atoms with Crippen molar-refractivity contribution in [2.24, 2.45) is 0 Å². The fraction of sp³-hybridized carbons (Fsp3) is 0.200. The van der Waals surface area contributed by atoms with Gasteiger partial charge in [0.05, 0.1) is 5.52 Å². The third-order valence-corrected chi connectivity index (χ3v) is 3.55. The monoisotopic (exact) mass is 239 g/mol. The van der Waals surface area contributed by atoms with E-state index in [0.717, 1.165) is 22.5 Å². The van der Waals surface area contributed by atoms with Crippen LogP contribution in [0.1, 0.15) is 11.1 Å². The molecular weight excluding hydrogens is 226 g/mol. The number of nitrogens with one attached hydrogen (secondary N) is 1. The van der Waals surface area contributed by atoms with Gasteiger partial charge in [-0.15, -0.1) is 0 Å². The van der Waals surface area contributed by atoms with Crippen LogP contribution in [-0.4, -0.2) is 11.8 Å². The van der Waals surface area contributed by atoms with Gasteiger partial charge < -0.3 is 14.5 Å². The van der Waals surface area contributed by atoms with E-state index in [1.165, 1.54) is 21.9 Å². The molecule has 0 spiro atoms. The third kappa shape index (κ3) is 1.13. The Kier molecular flexibility index (Phi) is 1.74. The first kappa shape index (κ1) is 9.83. The number of ether oxygens (including phenoxy) is 2. The Morgan fingerprint density at radius 2 is 2.00 bits per heavy atom. The number of aryl methyl sites for hydroxylation is 2. The fourth-order valence-electron chi connectivity index (χ4n) is 2.86. The summed E-state index contributed by atoms with van der Waals surface area (Å²) >= 11 is 0.